The van der Waals surface area contributed by atoms with Crippen LogP contribution < -0.4 is 4.74 Å². The summed E-state index contributed by atoms with van der Waals surface area (Å²) in [5.74, 6) is 0.718. The minimum absolute atomic E-state index is 0.0217. The molecule has 41 heavy (non-hydrogen) atoms. The summed E-state index contributed by atoms with van der Waals surface area (Å²) >= 11 is 0. The normalized spacial score (nSPS) is 26.7. The Labute approximate surface area is 243 Å². The predicted molar refractivity (Wildman–Crippen MR) is 157 cm³/mol. The molecule has 3 aliphatic rings. The second kappa shape index (κ2) is 11.0. The summed E-state index contributed by atoms with van der Waals surface area (Å²) in [5.41, 5.74) is 1.88. The van der Waals surface area contributed by atoms with Crippen LogP contribution in [0.15, 0.2) is 12.1 Å². The van der Waals surface area contributed by atoms with Gasteiger partial charge in [0.05, 0.1) is 17.7 Å². The maximum atomic E-state index is 14.0. The molecule has 1 aromatic carbocycles. The molecular weight excluding hydrogens is 518 g/mol. The lowest BCUT2D eigenvalue weighted by atomic mass is 9.80. The van der Waals surface area contributed by atoms with E-state index in [4.69, 9.17) is 4.74 Å². The molecule has 1 amide bonds. The van der Waals surface area contributed by atoms with Crippen molar-refractivity contribution in [2.75, 3.05) is 0 Å². The van der Waals surface area contributed by atoms with E-state index in [2.05, 4.69) is 18.9 Å². The number of ketones is 3. The number of aromatic nitrogens is 2. The first-order chi connectivity index (χ1) is 19.3. The first kappa shape index (κ1) is 29.5. The van der Waals surface area contributed by atoms with Gasteiger partial charge in [0.1, 0.15) is 23.8 Å². The van der Waals surface area contributed by atoms with Crippen molar-refractivity contribution in [2.24, 2.45) is 10.8 Å². The standard InChI is InChI=1S/C33H45N3O5/c1-7-27(39)26-17-33-13-11-23(38)16-32(5,6)12-9-8-10-22-14-24(41-20(2)3)15-25-30(21(4)37)34-35(31(22)25)19-29(40)36(26)28(33)18-33/h14-15,20,26,28H,7-13,16-19H2,1-6H3/t26-,28+,33-/m0/s1. The summed E-state index contributed by atoms with van der Waals surface area (Å²) in [6.07, 6.45) is 7.11. The van der Waals surface area contributed by atoms with Gasteiger partial charge >= 0.3 is 0 Å². The van der Waals surface area contributed by atoms with Crippen molar-refractivity contribution in [1.82, 2.24) is 14.7 Å². The maximum Gasteiger partial charge on any atom is 0.245 e. The number of Topliss-reactive ketones (excluding diaryl/α,β-unsaturated/α-hetero) is 3. The van der Waals surface area contributed by atoms with Crippen molar-refractivity contribution in [1.29, 1.82) is 0 Å². The van der Waals surface area contributed by atoms with Crippen LogP contribution >= 0.6 is 0 Å². The van der Waals surface area contributed by atoms with Crippen LogP contribution in [0, 0.1) is 10.8 Å². The van der Waals surface area contributed by atoms with Crippen LogP contribution in [0.5, 0.6) is 5.75 Å². The molecule has 0 unspecified atom stereocenters. The highest BCUT2D eigenvalue weighted by atomic mass is 16.5. The third kappa shape index (κ3) is 5.84. The van der Waals surface area contributed by atoms with E-state index in [9.17, 15) is 19.2 Å². The zero-order valence-corrected chi connectivity index (χ0v) is 25.5. The van der Waals surface area contributed by atoms with Gasteiger partial charge in [-0.05, 0) is 80.9 Å². The Morgan fingerprint density at radius 2 is 1.85 bits per heavy atom. The highest BCUT2D eigenvalue weighted by Crippen LogP contribution is 2.62. The molecule has 0 N–H and O–H groups in total. The lowest BCUT2D eigenvalue weighted by molar-refractivity contribution is -0.139. The molecule has 2 aromatic rings. The number of rotatable bonds is 5. The van der Waals surface area contributed by atoms with Gasteiger partial charge in [-0.15, -0.1) is 0 Å². The van der Waals surface area contributed by atoms with Gasteiger partial charge in [-0.2, -0.15) is 5.10 Å². The Morgan fingerprint density at radius 1 is 1.10 bits per heavy atom. The third-order valence-corrected chi connectivity index (χ3v) is 9.44. The van der Waals surface area contributed by atoms with Crippen molar-refractivity contribution in [3.8, 4) is 5.75 Å². The van der Waals surface area contributed by atoms with E-state index in [0.717, 1.165) is 49.6 Å². The molecule has 1 aromatic heterocycles. The fourth-order valence-corrected chi connectivity index (χ4v) is 7.37. The Balaban J connectivity index is 1.59. The van der Waals surface area contributed by atoms with Crippen LogP contribution in [0.4, 0.5) is 0 Å². The minimum atomic E-state index is -0.462. The van der Waals surface area contributed by atoms with Gasteiger partial charge < -0.3 is 9.64 Å². The summed E-state index contributed by atoms with van der Waals surface area (Å²) in [6.45, 7) is 11.6. The summed E-state index contributed by atoms with van der Waals surface area (Å²) in [7, 11) is 0. The van der Waals surface area contributed by atoms with Gasteiger partial charge in [-0.1, -0.05) is 27.2 Å². The summed E-state index contributed by atoms with van der Waals surface area (Å²) < 4.78 is 7.75. The average molecular weight is 564 g/mol. The molecule has 5 rings (SSSR count). The fourth-order valence-electron chi connectivity index (χ4n) is 7.37. The van der Waals surface area contributed by atoms with Gasteiger partial charge in [0.15, 0.2) is 11.6 Å². The first-order valence-corrected chi connectivity index (χ1v) is 15.4. The topological polar surface area (TPSA) is 98.6 Å². The molecule has 8 heteroatoms. The molecule has 3 atom stereocenters. The minimum Gasteiger partial charge on any atom is -0.491 e. The van der Waals surface area contributed by atoms with E-state index in [-0.39, 0.29) is 52.8 Å². The lowest BCUT2D eigenvalue weighted by Gasteiger charge is -2.27. The molecule has 1 saturated carbocycles. The fraction of sp³-hybridized carbons (Fsp3) is 0.667. The van der Waals surface area contributed by atoms with Crippen LogP contribution in [0.25, 0.3) is 10.9 Å². The van der Waals surface area contributed by atoms with Crippen LogP contribution in [-0.2, 0) is 27.3 Å². The monoisotopic (exact) mass is 563 g/mol. The van der Waals surface area contributed by atoms with E-state index in [1.165, 1.54) is 6.92 Å². The van der Waals surface area contributed by atoms with E-state index >= 15 is 0 Å². The Bertz CT molecular complexity index is 1390. The number of hydrogen-bond donors (Lipinski definition) is 0. The van der Waals surface area contributed by atoms with Crippen molar-refractivity contribution in [3.63, 3.8) is 0 Å². The Hall–Kier alpha value is -3.03. The smallest absolute Gasteiger partial charge is 0.245 e. The van der Waals surface area contributed by atoms with Crippen LogP contribution in [0.2, 0.25) is 0 Å². The number of piperidine rings is 1. The molecule has 1 saturated heterocycles. The second-order valence-corrected chi connectivity index (χ2v) is 13.7. The maximum absolute atomic E-state index is 14.0. The molecule has 1 aliphatic carbocycles. The molecule has 0 spiro atoms. The quantitative estimate of drug-likeness (QED) is 0.423. The molecule has 2 fully saturated rings. The van der Waals surface area contributed by atoms with Gasteiger partial charge in [-0.25, -0.2) is 0 Å². The van der Waals surface area contributed by atoms with Gasteiger partial charge in [0.25, 0.3) is 0 Å². The third-order valence-electron chi connectivity index (χ3n) is 9.44. The van der Waals surface area contributed by atoms with Crippen molar-refractivity contribution in [2.45, 2.75) is 130 Å². The summed E-state index contributed by atoms with van der Waals surface area (Å²) in [5, 5.41) is 5.39. The van der Waals surface area contributed by atoms with E-state index in [1.807, 2.05) is 32.9 Å². The number of nitrogens with zero attached hydrogens (tertiary/aromatic N) is 3. The number of carbonyl (C=O) groups is 4. The SMILES string of the molecule is CCC(=O)[C@@H]1C[C@]23CCC(=O)CC(C)(C)CCCCc4cc(OC(C)C)cc5c(C(C)=O)nn(c45)CC(=O)N1[C@@H]2C3. The largest absolute Gasteiger partial charge is 0.491 e. The van der Waals surface area contributed by atoms with E-state index in [1.54, 1.807) is 9.58 Å². The van der Waals surface area contributed by atoms with Gasteiger partial charge in [0.2, 0.25) is 5.91 Å². The molecule has 8 nitrogen and oxygen atoms in total. The van der Waals surface area contributed by atoms with Crippen molar-refractivity contribution >= 4 is 34.2 Å². The van der Waals surface area contributed by atoms with Crippen LogP contribution in [0.3, 0.4) is 0 Å². The summed E-state index contributed by atoms with van der Waals surface area (Å²) in [4.78, 5) is 54.7. The molecule has 0 radical (unpaired) electrons. The van der Waals surface area contributed by atoms with Crippen LogP contribution in [-0.4, -0.2) is 56.1 Å². The van der Waals surface area contributed by atoms with E-state index in [0.29, 0.717) is 42.5 Å². The van der Waals surface area contributed by atoms with Crippen molar-refractivity contribution in [3.05, 3.63) is 23.4 Å². The number of ether oxygens (including phenoxy) is 1. The number of carbonyl (C=O) groups excluding carboxylic acids is 4. The number of aryl methyl sites for hydroxylation is 1. The molecule has 2 aliphatic heterocycles. The van der Waals surface area contributed by atoms with Crippen LogP contribution in [0.1, 0.15) is 115 Å². The molecular formula is C33H45N3O5. The Morgan fingerprint density at radius 3 is 2.54 bits per heavy atom. The van der Waals surface area contributed by atoms with E-state index < -0.39 is 6.04 Å². The average Bonchev–Trinajstić information content (AvgIpc) is 3.30. The number of benzene rings is 1. The molecule has 3 heterocycles. The first-order valence-electron chi connectivity index (χ1n) is 15.4. The Kier molecular flexibility index (Phi) is 7.90. The predicted octanol–water partition coefficient (Wildman–Crippen LogP) is 5.86. The molecule has 222 valence electrons. The zero-order chi connectivity index (χ0) is 29.7. The molecule has 2 bridgehead atoms. The summed E-state index contributed by atoms with van der Waals surface area (Å²) in [6, 6.07) is 3.40. The highest BCUT2D eigenvalue weighted by Gasteiger charge is 2.66. The van der Waals surface area contributed by atoms with Crippen molar-refractivity contribution < 1.29 is 23.9 Å². The van der Waals surface area contributed by atoms with Gasteiger partial charge in [-0.3, -0.25) is 23.9 Å². The lowest BCUT2D eigenvalue weighted by Crippen LogP contribution is -2.44. The number of hydrogen-bond acceptors (Lipinski definition) is 6. The second-order valence-electron chi connectivity index (χ2n) is 13.7. The number of amides is 1. The highest BCUT2D eigenvalue weighted by molar-refractivity contribution is 6.06. The zero-order valence-electron chi connectivity index (χ0n) is 25.5. The van der Waals surface area contributed by atoms with Gasteiger partial charge in [0, 0.05) is 37.6 Å².